The molecule has 1 unspecified atom stereocenters. The molecule has 6 nitrogen and oxygen atoms in total. The average molecular weight is 249 g/mol. The molecule has 0 radical (unpaired) electrons. The number of amides is 1. The van der Waals surface area contributed by atoms with E-state index >= 15 is 0 Å². The highest BCUT2D eigenvalue weighted by molar-refractivity contribution is 5.96. The summed E-state index contributed by atoms with van der Waals surface area (Å²) < 4.78 is 0. The van der Waals surface area contributed by atoms with Gasteiger partial charge >= 0.3 is 0 Å². The number of benzene rings is 1. The van der Waals surface area contributed by atoms with Crippen LogP contribution in [0.3, 0.4) is 0 Å². The molecule has 6 heteroatoms. The third-order valence-corrected chi connectivity index (χ3v) is 3.23. The molecule has 1 heterocycles. The number of hydrogen-bond donors (Lipinski definition) is 1. The molecule has 1 aliphatic heterocycles. The Morgan fingerprint density at radius 2 is 2.28 bits per heavy atom. The predicted octanol–water partition coefficient (Wildman–Crippen LogP) is 1.21. The van der Waals surface area contributed by atoms with Crippen molar-refractivity contribution in [2.45, 2.75) is 13.3 Å². The Balaban J connectivity index is 2.27. The number of nitrogens with zero attached hydrogens (tertiary/aromatic N) is 2. The van der Waals surface area contributed by atoms with Gasteiger partial charge in [0, 0.05) is 30.3 Å². The van der Waals surface area contributed by atoms with Crippen molar-refractivity contribution in [3.63, 3.8) is 0 Å². The van der Waals surface area contributed by atoms with Gasteiger partial charge in [-0.2, -0.15) is 0 Å². The van der Waals surface area contributed by atoms with Crippen molar-refractivity contribution in [1.29, 1.82) is 0 Å². The summed E-state index contributed by atoms with van der Waals surface area (Å²) >= 11 is 0. The van der Waals surface area contributed by atoms with E-state index in [2.05, 4.69) is 0 Å². The highest BCUT2D eigenvalue weighted by Crippen LogP contribution is 2.28. The van der Waals surface area contributed by atoms with Crippen LogP contribution in [0.2, 0.25) is 0 Å². The molecule has 2 N–H and O–H groups in total. The van der Waals surface area contributed by atoms with Gasteiger partial charge in [-0.15, -0.1) is 0 Å². The SMILES string of the molecule is Cc1cc(N2CC(CN)CC2=O)ccc1[N+](=O)[O-]. The van der Waals surface area contributed by atoms with E-state index in [1.165, 1.54) is 6.07 Å². The van der Waals surface area contributed by atoms with Gasteiger partial charge in [-0.25, -0.2) is 0 Å². The number of carbonyl (C=O) groups excluding carboxylic acids is 1. The van der Waals surface area contributed by atoms with Crippen LogP contribution in [-0.4, -0.2) is 23.9 Å². The van der Waals surface area contributed by atoms with Gasteiger partial charge in [0.05, 0.1) is 4.92 Å². The first kappa shape index (κ1) is 12.5. The van der Waals surface area contributed by atoms with E-state index in [0.29, 0.717) is 30.8 Å². The molecule has 1 aromatic carbocycles. The van der Waals surface area contributed by atoms with E-state index in [1.54, 1.807) is 24.0 Å². The third-order valence-electron chi connectivity index (χ3n) is 3.23. The molecule has 2 rings (SSSR count). The highest BCUT2D eigenvalue weighted by Gasteiger charge is 2.30. The molecule has 1 aliphatic rings. The van der Waals surface area contributed by atoms with Gasteiger partial charge in [-0.1, -0.05) is 0 Å². The maximum Gasteiger partial charge on any atom is 0.272 e. The Hall–Kier alpha value is -1.95. The van der Waals surface area contributed by atoms with Gasteiger partial charge < -0.3 is 10.6 Å². The second-order valence-electron chi connectivity index (χ2n) is 4.54. The van der Waals surface area contributed by atoms with Gasteiger partial charge in [-0.3, -0.25) is 14.9 Å². The number of anilines is 1. The van der Waals surface area contributed by atoms with Crippen LogP contribution in [0.5, 0.6) is 0 Å². The van der Waals surface area contributed by atoms with Crippen LogP contribution < -0.4 is 10.6 Å². The number of hydrogen-bond acceptors (Lipinski definition) is 4. The summed E-state index contributed by atoms with van der Waals surface area (Å²) in [5, 5.41) is 10.7. The van der Waals surface area contributed by atoms with Crippen molar-refractivity contribution >= 4 is 17.3 Å². The molecule has 0 saturated carbocycles. The molecule has 96 valence electrons. The molecule has 1 saturated heterocycles. The molecule has 0 aliphatic carbocycles. The summed E-state index contributed by atoms with van der Waals surface area (Å²) in [6, 6.07) is 4.73. The zero-order chi connectivity index (χ0) is 13.3. The van der Waals surface area contributed by atoms with Crippen LogP contribution in [0.1, 0.15) is 12.0 Å². The number of aryl methyl sites for hydroxylation is 1. The van der Waals surface area contributed by atoms with E-state index in [9.17, 15) is 14.9 Å². The van der Waals surface area contributed by atoms with Crippen LogP contribution in [0.25, 0.3) is 0 Å². The van der Waals surface area contributed by atoms with E-state index in [4.69, 9.17) is 5.73 Å². The summed E-state index contributed by atoms with van der Waals surface area (Å²) in [6.07, 6.45) is 0.451. The first-order valence-electron chi connectivity index (χ1n) is 5.78. The lowest BCUT2D eigenvalue weighted by Crippen LogP contribution is -2.25. The maximum absolute atomic E-state index is 11.8. The van der Waals surface area contributed by atoms with E-state index < -0.39 is 4.92 Å². The quantitative estimate of drug-likeness (QED) is 0.644. The van der Waals surface area contributed by atoms with Crippen molar-refractivity contribution in [1.82, 2.24) is 0 Å². The molecule has 1 amide bonds. The summed E-state index contributed by atoms with van der Waals surface area (Å²) in [5.41, 5.74) is 6.90. The van der Waals surface area contributed by atoms with Gasteiger partial charge in [0.2, 0.25) is 5.91 Å². The molecular formula is C12H15N3O3. The number of nitro benzene ring substituents is 1. The van der Waals surface area contributed by atoms with Gasteiger partial charge in [0.25, 0.3) is 5.69 Å². The first-order valence-corrected chi connectivity index (χ1v) is 5.78. The Morgan fingerprint density at radius 1 is 1.56 bits per heavy atom. The molecule has 0 bridgehead atoms. The number of nitrogens with two attached hydrogens (primary N) is 1. The van der Waals surface area contributed by atoms with Crippen LogP contribution >= 0.6 is 0 Å². The molecule has 0 spiro atoms. The van der Waals surface area contributed by atoms with Gasteiger partial charge in [0.1, 0.15) is 0 Å². The van der Waals surface area contributed by atoms with E-state index in [1.807, 2.05) is 0 Å². The second kappa shape index (κ2) is 4.73. The standard InChI is InChI=1S/C12H15N3O3/c1-8-4-10(2-3-11(8)15(17)18)14-7-9(6-13)5-12(14)16/h2-4,9H,5-7,13H2,1H3. The van der Waals surface area contributed by atoms with Crippen LogP contribution in [0.15, 0.2) is 18.2 Å². The summed E-state index contributed by atoms with van der Waals surface area (Å²) in [4.78, 5) is 23.8. The Morgan fingerprint density at radius 3 is 2.78 bits per heavy atom. The van der Waals surface area contributed by atoms with Crippen molar-refractivity contribution in [2.24, 2.45) is 11.7 Å². The lowest BCUT2D eigenvalue weighted by Gasteiger charge is -2.17. The molecule has 1 aromatic rings. The average Bonchev–Trinajstić information content (AvgIpc) is 2.70. The fourth-order valence-corrected chi connectivity index (χ4v) is 2.20. The molecular weight excluding hydrogens is 234 g/mol. The zero-order valence-corrected chi connectivity index (χ0v) is 10.1. The van der Waals surface area contributed by atoms with Crippen molar-refractivity contribution in [3.05, 3.63) is 33.9 Å². The summed E-state index contributed by atoms with van der Waals surface area (Å²) in [5.74, 6) is 0.201. The van der Waals surface area contributed by atoms with Crippen LogP contribution in [0, 0.1) is 23.0 Å². The zero-order valence-electron chi connectivity index (χ0n) is 10.1. The Labute approximate surface area is 105 Å². The molecule has 1 fully saturated rings. The summed E-state index contributed by atoms with van der Waals surface area (Å²) in [6.45, 7) is 2.74. The summed E-state index contributed by atoms with van der Waals surface area (Å²) in [7, 11) is 0. The van der Waals surface area contributed by atoms with Crippen LogP contribution in [0.4, 0.5) is 11.4 Å². The fourth-order valence-electron chi connectivity index (χ4n) is 2.20. The number of nitro groups is 1. The minimum absolute atomic E-state index is 0.0266. The second-order valence-corrected chi connectivity index (χ2v) is 4.54. The van der Waals surface area contributed by atoms with Crippen molar-refractivity contribution in [2.75, 3.05) is 18.0 Å². The minimum Gasteiger partial charge on any atom is -0.330 e. The molecule has 1 atom stereocenters. The largest absolute Gasteiger partial charge is 0.330 e. The monoisotopic (exact) mass is 249 g/mol. The molecule has 0 aromatic heterocycles. The lowest BCUT2D eigenvalue weighted by molar-refractivity contribution is -0.385. The smallest absolute Gasteiger partial charge is 0.272 e. The predicted molar refractivity (Wildman–Crippen MR) is 67.3 cm³/mol. The third kappa shape index (κ3) is 2.19. The maximum atomic E-state index is 11.8. The van der Waals surface area contributed by atoms with Crippen molar-refractivity contribution in [3.8, 4) is 0 Å². The first-order chi connectivity index (χ1) is 8.52. The van der Waals surface area contributed by atoms with Gasteiger partial charge in [-0.05, 0) is 31.5 Å². The minimum atomic E-state index is -0.423. The van der Waals surface area contributed by atoms with E-state index in [0.717, 1.165) is 0 Å². The van der Waals surface area contributed by atoms with Crippen molar-refractivity contribution < 1.29 is 9.72 Å². The Bertz CT molecular complexity index is 501. The normalized spacial score (nSPS) is 19.3. The highest BCUT2D eigenvalue weighted by atomic mass is 16.6. The van der Waals surface area contributed by atoms with Gasteiger partial charge in [0.15, 0.2) is 0 Å². The topological polar surface area (TPSA) is 89.5 Å². The number of carbonyl (C=O) groups is 1. The number of rotatable bonds is 3. The lowest BCUT2D eigenvalue weighted by atomic mass is 10.1. The fraction of sp³-hybridized carbons (Fsp3) is 0.417. The van der Waals surface area contributed by atoms with Crippen LogP contribution in [-0.2, 0) is 4.79 Å². The van der Waals surface area contributed by atoms with E-state index in [-0.39, 0.29) is 17.5 Å². The Kier molecular flexibility index (Phi) is 3.29. The molecule has 18 heavy (non-hydrogen) atoms.